The molecular weight excluding hydrogens is 400 g/mol. The first kappa shape index (κ1) is 18.5. The number of thiophene rings is 1. The third-order valence-corrected chi connectivity index (χ3v) is 6.55. The van der Waals surface area contributed by atoms with Crippen molar-refractivity contribution in [2.75, 3.05) is 5.75 Å². The van der Waals surface area contributed by atoms with Gasteiger partial charge in [0.25, 0.3) is 0 Å². The summed E-state index contributed by atoms with van der Waals surface area (Å²) in [5, 5.41) is 15.2. The maximum atomic E-state index is 12.4. The van der Waals surface area contributed by atoms with E-state index in [0.717, 1.165) is 34.3 Å². The van der Waals surface area contributed by atoms with Crippen LogP contribution in [0.2, 0.25) is 5.02 Å². The summed E-state index contributed by atoms with van der Waals surface area (Å²) in [6.07, 6.45) is 2.28. The summed E-state index contributed by atoms with van der Waals surface area (Å²) in [5.41, 5.74) is 0.915. The Morgan fingerprint density at radius 3 is 2.85 bits per heavy atom. The van der Waals surface area contributed by atoms with Crippen molar-refractivity contribution in [3.8, 4) is 10.7 Å². The van der Waals surface area contributed by atoms with Crippen LogP contribution in [0.25, 0.3) is 10.7 Å². The summed E-state index contributed by atoms with van der Waals surface area (Å²) >= 11 is 9.30. The molecule has 0 radical (unpaired) electrons. The second-order valence-corrected chi connectivity index (χ2v) is 8.78. The predicted molar refractivity (Wildman–Crippen MR) is 110 cm³/mol. The Kier molecular flexibility index (Phi) is 5.52. The smallest absolute Gasteiger partial charge is 0.230 e. The number of nitrogens with zero attached hydrogens (tertiary/aromatic N) is 3. The molecule has 1 N–H and O–H groups in total. The van der Waals surface area contributed by atoms with Crippen molar-refractivity contribution in [3.63, 3.8) is 0 Å². The highest BCUT2D eigenvalue weighted by Gasteiger charge is 2.30. The zero-order valence-corrected chi connectivity index (χ0v) is 17.2. The first-order chi connectivity index (χ1) is 13.1. The van der Waals surface area contributed by atoms with Gasteiger partial charge in [-0.05, 0) is 42.8 Å². The van der Waals surface area contributed by atoms with E-state index in [2.05, 4.69) is 26.1 Å². The Bertz CT molecular complexity index is 937. The largest absolute Gasteiger partial charge is 0.349 e. The molecule has 0 saturated heterocycles. The fourth-order valence-electron chi connectivity index (χ4n) is 2.93. The number of nitrogens with one attached hydrogen (secondary N) is 1. The number of carbonyl (C=O) groups excluding carboxylic acids is 1. The van der Waals surface area contributed by atoms with Gasteiger partial charge in [0.1, 0.15) is 0 Å². The van der Waals surface area contributed by atoms with E-state index in [1.165, 1.54) is 11.8 Å². The third-order valence-electron chi connectivity index (χ3n) is 4.40. The van der Waals surface area contributed by atoms with Crippen LogP contribution in [0.3, 0.4) is 0 Å². The minimum Gasteiger partial charge on any atom is -0.349 e. The molecule has 2 heterocycles. The van der Waals surface area contributed by atoms with Crippen LogP contribution >= 0.6 is 34.7 Å². The van der Waals surface area contributed by atoms with E-state index < -0.39 is 0 Å². The van der Waals surface area contributed by atoms with E-state index in [0.29, 0.717) is 16.8 Å². The molecule has 140 valence electrons. The number of halogens is 1. The van der Waals surface area contributed by atoms with Crippen molar-refractivity contribution < 1.29 is 4.79 Å². The van der Waals surface area contributed by atoms with E-state index in [1.54, 1.807) is 11.3 Å². The van der Waals surface area contributed by atoms with Crippen LogP contribution in [0.4, 0.5) is 0 Å². The van der Waals surface area contributed by atoms with Gasteiger partial charge in [-0.1, -0.05) is 47.6 Å². The van der Waals surface area contributed by atoms with E-state index in [-0.39, 0.29) is 11.9 Å². The summed E-state index contributed by atoms with van der Waals surface area (Å²) < 4.78 is 2.18. The molecule has 0 spiro atoms. The van der Waals surface area contributed by atoms with Gasteiger partial charge in [0, 0.05) is 11.1 Å². The van der Waals surface area contributed by atoms with Gasteiger partial charge < -0.3 is 5.32 Å². The Hall–Kier alpha value is -1.83. The average Bonchev–Trinajstić information content (AvgIpc) is 3.18. The maximum Gasteiger partial charge on any atom is 0.230 e. The normalized spacial score (nSPS) is 14.9. The molecule has 1 amide bonds. The van der Waals surface area contributed by atoms with Crippen molar-refractivity contribution in [1.82, 2.24) is 20.1 Å². The number of benzene rings is 1. The molecule has 1 fully saturated rings. The van der Waals surface area contributed by atoms with Crippen LogP contribution in [0.5, 0.6) is 0 Å². The zero-order chi connectivity index (χ0) is 18.8. The SMILES string of the molecule is C[C@@H](NC(=O)CSc1nnc(-c2cccs2)n1C1CC1)c1ccccc1Cl. The van der Waals surface area contributed by atoms with E-state index in [1.807, 2.05) is 42.6 Å². The summed E-state index contributed by atoms with van der Waals surface area (Å²) in [6.45, 7) is 1.94. The molecule has 1 aliphatic rings. The van der Waals surface area contributed by atoms with Gasteiger partial charge in [-0.2, -0.15) is 0 Å². The molecule has 5 nitrogen and oxygen atoms in total. The molecular formula is C19H19ClN4OS2. The monoisotopic (exact) mass is 418 g/mol. The molecule has 2 aromatic heterocycles. The quantitative estimate of drug-likeness (QED) is 0.550. The van der Waals surface area contributed by atoms with Crippen LogP contribution in [0.1, 0.15) is 37.4 Å². The lowest BCUT2D eigenvalue weighted by Crippen LogP contribution is -2.28. The van der Waals surface area contributed by atoms with Gasteiger partial charge >= 0.3 is 0 Å². The number of thioether (sulfide) groups is 1. The molecule has 0 unspecified atom stereocenters. The van der Waals surface area contributed by atoms with E-state index >= 15 is 0 Å². The Morgan fingerprint density at radius 2 is 2.15 bits per heavy atom. The molecule has 1 saturated carbocycles. The molecule has 27 heavy (non-hydrogen) atoms. The van der Waals surface area contributed by atoms with Crippen molar-refractivity contribution >= 4 is 40.6 Å². The molecule has 3 aromatic rings. The van der Waals surface area contributed by atoms with Crippen LogP contribution < -0.4 is 5.32 Å². The summed E-state index contributed by atoms with van der Waals surface area (Å²) in [4.78, 5) is 13.5. The van der Waals surface area contributed by atoms with Gasteiger partial charge in [-0.25, -0.2) is 0 Å². The first-order valence-corrected chi connectivity index (χ1v) is 11.0. The summed E-state index contributed by atoms with van der Waals surface area (Å²) in [7, 11) is 0. The fraction of sp³-hybridized carbons (Fsp3) is 0.316. The van der Waals surface area contributed by atoms with Gasteiger partial charge in [0.2, 0.25) is 5.91 Å². The molecule has 4 rings (SSSR count). The maximum absolute atomic E-state index is 12.4. The predicted octanol–water partition coefficient (Wildman–Crippen LogP) is 4.96. The number of aromatic nitrogens is 3. The minimum atomic E-state index is -0.144. The van der Waals surface area contributed by atoms with Crippen molar-refractivity contribution in [3.05, 3.63) is 52.4 Å². The highest BCUT2D eigenvalue weighted by atomic mass is 35.5. The molecule has 0 bridgehead atoms. The lowest BCUT2D eigenvalue weighted by atomic mass is 10.1. The Morgan fingerprint density at radius 1 is 1.33 bits per heavy atom. The van der Waals surface area contributed by atoms with Gasteiger partial charge in [0.15, 0.2) is 11.0 Å². The molecule has 1 atom stereocenters. The summed E-state index contributed by atoms with van der Waals surface area (Å²) in [5.74, 6) is 1.15. The van der Waals surface area contributed by atoms with Crippen molar-refractivity contribution in [2.45, 2.75) is 37.0 Å². The van der Waals surface area contributed by atoms with Crippen LogP contribution in [0.15, 0.2) is 46.9 Å². The van der Waals surface area contributed by atoms with Gasteiger partial charge in [-0.15, -0.1) is 21.5 Å². The molecule has 8 heteroatoms. The van der Waals surface area contributed by atoms with E-state index in [9.17, 15) is 4.79 Å². The second-order valence-electron chi connectivity index (χ2n) is 6.48. The number of hydrogen-bond acceptors (Lipinski definition) is 5. The van der Waals surface area contributed by atoms with Crippen molar-refractivity contribution in [1.29, 1.82) is 0 Å². The lowest BCUT2D eigenvalue weighted by molar-refractivity contribution is -0.119. The van der Waals surface area contributed by atoms with Crippen LogP contribution in [0, 0.1) is 0 Å². The highest BCUT2D eigenvalue weighted by Crippen LogP contribution is 2.41. The summed E-state index contributed by atoms with van der Waals surface area (Å²) in [6, 6.07) is 11.9. The number of amides is 1. The lowest BCUT2D eigenvalue weighted by Gasteiger charge is -2.15. The third kappa shape index (κ3) is 4.20. The topological polar surface area (TPSA) is 59.8 Å². The number of carbonyl (C=O) groups is 1. The van der Waals surface area contributed by atoms with Crippen LogP contribution in [-0.4, -0.2) is 26.4 Å². The average molecular weight is 419 g/mol. The van der Waals surface area contributed by atoms with Crippen LogP contribution in [-0.2, 0) is 4.79 Å². The van der Waals surface area contributed by atoms with Crippen molar-refractivity contribution in [2.24, 2.45) is 0 Å². The minimum absolute atomic E-state index is 0.0459. The second kappa shape index (κ2) is 8.04. The van der Waals surface area contributed by atoms with E-state index in [4.69, 9.17) is 11.6 Å². The zero-order valence-electron chi connectivity index (χ0n) is 14.8. The molecule has 1 aliphatic carbocycles. The standard InChI is InChI=1S/C19H19ClN4OS2/c1-12(14-5-2-3-6-15(14)20)21-17(25)11-27-19-23-22-18(16-7-4-10-26-16)24(19)13-8-9-13/h2-7,10,12-13H,8-9,11H2,1H3,(H,21,25)/t12-/m1/s1. The number of hydrogen-bond donors (Lipinski definition) is 1. The Balaban J connectivity index is 1.42. The molecule has 0 aliphatic heterocycles. The first-order valence-electron chi connectivity index (χ1n) is 8.79. The van der Waals surface area contributed by atoms with Gasteiger partial charge in [-0.3, -0.25) is 9.36 Å². The highest BCUT2D eigenvalue weighted by molar-refractivity contribution is 7.99. The number of rotatable bonds is 7. The fourth-order valence-corrected chi connectivity index (χ4v) is 4.75. The Labute approximate surface area is 171 Å². The van der Waals surface area contributed by atoms with Gasteiger partial charge in [0.05, 0.1) is 16.7 Å². The molecule has 1 aromatic carbocycles.